The van der Waals surface area contributed by atoms with Crippen molar-refractivity contribution >= 4 is 34.9 Å². The number of nitro benzene ring substituents is 1. The maximum absolute atomic E-state index is 11.1. The van der Waals surface area contributed by atoms with E-state index < -0.39 is 4.92 Å². The lowest BCUT2D eigenvalue weighted by Crippen LogP contribution is -2.40. The molecule has 2 N–H and O–H groups in total. The SMILES string of the molecule is COC[C@H](C)NC(=S)N/N=C\c1ccc(N(C)C)c([N+](=O)[O-])c1. The van der Waals surface area contributed by atoms with E-state index in [2.05, 4.69) is 15.8 Å². The number of nitro groups is 1. The number of nitrogens with zero attached hydrogens (tertiary/aromatic N) is 3. The van der Waals surface area contributed by atoms with Crippen molar-refractivity contribution in [2.75, 3.05) is 32.7 Å². The average molecular weight is 339 g/mol. The smallest absolute Gasteiger partial charge is 0.293 e. The zero-order valence-corrected chi connectivity index (χ0v) is 14.4. The number of anilines is 1. The molecule has 1 atom stereocenters. The lowest BCUT2D eigenvalue weighted by Gasteiger charge is -2.14. The Bertz CT molecular complexity index is 592. The molecular weight excluding hydrogens is 318 g/mol. The Kier molecular flexibility index (Phi) is 7.36. The Morgan fingerprint density at radius 1 is 1.57 bits per heavy atom. The van der Waals surface area contributed by atoms with E-state index in [0.29, 0.717) is 23.0 Å². The first-order chi connectivity index (χ1) is 10.8. The summed E-state index contributed by atoms with van der Waals surface area (Å²) in [6, 6.07) is 4.94. The van der Waals surface area contributed by atoms with Crippen molar-refractivity contribution in [3.63, 3.8) is 0 Å². The molecule has 0 aromatic heterocycles. The van der Waals surface area contributed by atoms with Gasteiger partial charge in [-0.05, 0) is 25.2 Å². The second-order valence-corrected chi connectivity index (χ2v) is 5.51. The van der Waals surface area contributed by atoms with Crippen molar-refractivity contribution in [2.24, 2.45) is 5.10 Å². The number of thiocarbonyl (C=S) groups is 1. The van der Waals surface area contributed by atoms with Gasteiger partial charge in [-0.2, -0.15) is 5.10 Å². The van der Waals surface area contributed by atoms with Crippen LogP contribution < -0.4 is 15.6 Å². The number of methoxy groups -OCH3 is 1. The number of hydrogen-bond acceptors (Lipinski definition) is 6. The van der Waals surface area contributed by atoms with E-state index in [9.17, 15) is 10.1 Å². The van der Waals surface area contributed by atoms with E-state index in [1.54, 1.807) is 38.2 Å². The Labute approximate surface area is 140 Å². The lowest BCUT2D eigenvalue weighted by molar-refractivity contribution is -0.384. The molecule has 0 amide bonds. The molecule has 9 heteroatoms. The van der Waals surface area contributed by atoms with Crippen LogP contribution in [-0.4, -0.2) is 50.1 Å². The van der Waals surface area contributed by atoms with E-state index in [-0.39, 0.29) is 11.7 Å². The topological polar surface area (TPSA) is 92.0 Å². The van der Waals surface area contributed by atoms with Crippen LogP contribution >= 0.6 is 12.2 Å². The van der Waals surface area contributed by atoms with Gasteiger partial charge in [0, 0.05) is 38.9 Å². The van der Waals surface area contributed by atoms with Gasteiger partial charge in [0.2, 0.25) is 0 Å². The number of hydrazone groups is 1. The average Bonchev–Trinajstić information content (AvgIpc) is 2.46. The molecular formula is C14H21N5O3S. The maximum Gasteiger partial charge on any atom is 0.293 e. The first-order valence-electron chi connectivity index (χ1n) is 6.89. The van der Waals surface area contributed by atoms with Crippen molar-refractivity contribution in [2.45, 2.75) is 13.0 Å². The predicted molar refractivity (Wildman–Crippen MR) is 95.2 cm³/mol. The third-order valence-corrected chi connectivity index (χ3v) is 3.06. The molecule has 0 aliphatic heterocycles. The van der Waals surface area contributed by atoms with Crippen molar-refractivity contribution in [1.82, 2.24) is 10.7 Å². The van der Waals surface area contributed by atoms with E-state index in [1.165, 1.54) is 12.3 Å². The monoisotopic (exact) mass is 339 g/mol. The summed E-state index contributed by atoms with van der Waals surface area (Å²) in [5.74, 6) is 0. The van der Waals surface area contributed by atoms with Crippen LogP contribution in [0.3, 0.4) is 0 Å². The van der Waals surface area contributed by atoms with Crippen molar-refractivity contribution in [3.05, 3.63) is 33.9 Å². The number of benzene rings is 1. The number of hydrogen-bond donors (Lipinski definition) is 2. The van der Waals surface area contributed by atoms with Gasteiger partial charge in [0.05, 0.1) is 17.7 Å². The number of rotatable bonds is 7. The molecule has 0 bridgehead atoms. The van der Waals surface area contributed by atoms with Gasteiger partial charge < -0.3 is 15.0 Å². The van der Waals surface area contributed by atoms with E-state index in [4.69, 9.17) is 17.0 Å². The summed E-state index contributed by atoms with van der Waals surface area (Å²) < 4.78 is 4.99. The molecule has 0 aliphatic rings. The van der Waals surface area contributed by atoms with Gasteiger partial charge in [0.15, 0.2) is 5.11 Å². The predicted octanol–water partition coefficient (Wildman–Crippen LogP) is 1.49. The Morgan fingerprint density at radius 2 is 2.26 bits per heavy atom. The highest BCUT2D eigenvalue weighted by molar-refractivity contribution is 7.80. The fraction of sp³-hybridized carbons (Fsp3) is 0.429. The summed E-state index contributed by atoms with van der Waals surface area (Å²) in [5, 5.41) is 18.4. The number of ether oxygens (including phenoxy) is 1. The van der Waals surface area contributed by atoms with E-state index >= 15 is 0 Å². The van der Waals surface area contributed by atoms with Gasteiger partial charge in [-0.25, -0.2) is 0 Å². The Morgan fingerprint density at radius 3 is 2.83 bits per heavy atom. The zero-order chi connectivity index (χ0) is 17.4. The highest BCUT2D eigenvalue weighted by Crippen LogP contribution is 2.26. The van der Waals surface area contributed by atoms with Gasteiger partial charge in [-0.15, -0.1) is 0 Å². The second kappa shape index (κ2) is 9.01. The quantitative estimate of drug-likeness (QED) is 0.336. The molecule has 0 saturated carbocycles. The highest BCUT2D eigenvalue weighted by atomic mass is 32.1. The molecule has 0 spiro atoms. The van der Waals surface area contributed by atoms with Crippen LogP contribution in [0.4, 0.5) is 11.4 Å². The van der Waals surface area contributed by atoms with Crippen molar-refractivity contribution in [3.8, 4) is 0 Å². The van der Waals surface area contributed by atoms with Gasteiger partial charge in [0.1, 0.15) is 5.69 Å². The largest absolute Gasteiger partial charge is 0.383 e. The van der Waals surface area contributed by atoms with Crippen LogP contribution in [-0.2, 0) is 4.74 Å². The summed E-state index contributed by atoms with van der Waals surface area (Å²) >= 11 is 5.08. The van der Waals surface area contributed by atoms with E-state index in [0.717, 1.165) is 0 Å². The molecule has 0 saturated heterocycles. The van der Waals surface area contributed by atoms with Crippen LogP contribution in [0, 0.1) is 10.1 Å². The van der Waals surface area contributed by atoms with Crippen LogP contribution in [0.15, 0.2) is 23.3 Å². The second-order valence-electron chi connectivity index (χ2n) is 5.10. The van der Waals surface area contributed by atoms with Gasteiger partial charge in [-0.3, -0.25) is 15.5 Å². The summed E-state index contributed by atoms with van der Waals surface area (Å²) in [7, 11) is 5.11. The molecule has 1 rings (SSSR count). The van der Waals surface area contributed by atoms with Crippen LogP contribution in [0.2, 0.25) is 0 Å². The Balaban J connectivity index is 2.72. The van der Waals surface area contributed by atoms with Gasteiger partial charge in [0.25, 0.3) is 5.69 Å². The van der Waals surface area contributed by atoms with Crippen LogP contribution in [0.5, 0.6) is 0 Å². The third-order valence-electron chi connectivity index (χ3n) is 2.85. The minimum Gasteiger partial charge on any atom is -0.383 e. The fourth-order valence-electron chi connectivity index (χ4n) is 1.86. The van der Waals surface area contributed by atoms with E-state index in [1.807, 2.05) is 6.92 Å². The summed E-state index contributed by atoms with van der Waals surface area (Å²) in [6.45, 7) is 2.44. The first kappa shape index (κ1) is 18.8. The molecule has 0 fully saturated rings. The van der Waals surface area contributed by atoms with Gasteiger partial charge in [-0.1, -0.05) is 6.07 Å². The molecule has 1 aromatic rings. The fourth-order valence-corrected chi connectivity index (χ4v) is 2.11. The van der Waals surface area contributed by atoms with Gasteiger partial charge >= 0.3 is 0 Å². The minimum absolute atomic E-state index is 0.0216. The number of nitrogens with one attached hydrogen (secondary N) is 2. The van der Waals surface area contributed by atoms with Crippen LogP contribution in [0.1, 0.15) is 12.5 Å². The van der Waals surface area contributed by atoms with Crippen molar-refractivity contribution < 1.29 is 9.66 Å². The standard InChI is InChI=1S/C14H21N5O3S/c1-10(9-22-4)16-14(23)17-15-8-11-5-6-12(18(2)3)13(7-11)19(20)21/h5-8,10H,9H2,1-4H3,(H2,16,17,23)/b15-8-/t10-/m0/s1. The lowest BCUT2D eigenvalue weighted by atomic mass is 10.2. The third kappa shape index (κ3) is 6.17. The summed E-state index contributed by atoms with van der Waals surface area (Å²) in [6.07, 6.45) is 1.47. The molecule has 0 unspecified atom stereocenters. The van der Waals surface area contributed by atoms with Crippen LogP contribution in [0.25, 0.3) is 0 Å². The maximum atomic E-state index is 11.1. The highest BCUT2D eigenvalue weighted by Gasteiger charge is 2.15. The summed E-state index contributed by atoms with van der Waals surface area (Å²) in [4.78, 5) is 12.4. The molecule has 126 valence electrons. The molecule has 23 heavy (non-hydrogen) atoms. The summed E-state index contributed by atoms with van der Waals surface area (Å²) in [5.41, 5.74) is 3.81. The normalized spacial score (nSPS) is 12.0. The zero-order valence-electron chi connectivity index (χ0n) is 13.6. The minimum atomic E-state index is -0.418. The Hall–Kier alpha value is -2.26. The first-order valence-corrected chi connectivity index (χ1v) is 7.30. The molecule has 8 nitrogen and oxygen atoms in total. The molecule has 0 heterocycles. The molecule has 0 radical (unpaired) electrons. The molecule has 0 aliphatic carbocycles. The molecule has 1 aromatic carbocycles. The van der Waals surface area contributed by atoms with Crippen molar-refractivity contribution in [1.29, 1.82) is 0 Å².